The lowest BCUT2D eigenvalue weighted by Gasteiger charge is -2.10. The number of hydrogen-bond donors (Lipinski definition) is 1. The maximum Gasteiger partial charge on any atom is 0.344 e. The Hall–Kier alpha value is -2.44. The van der Waals surface area contributed by atoms with E-state index in [1.165, 1.54) is 6.07 Å². The monoisotopic (exact) mass is 397 g/mol. The number of carbonyl (C=O) groups excluding carboxylic acids is 2. The number of rotatable bonds is 8. The third kappa shape index (κ3) is 6.46. The molecule has 0 aliphatic carbocycles. The first-order valence-electron chi connectivity index (χ1n) is 7.74. The zero-order valence-electron chi connectivity index (χ0n) is 14.0. The van der Waals surface area contributed by atoms with E-state index in [2.05, 4.69) is 5.32 Å². The van der Waals surface area contributed by atoms with Gasteiger partial charge in [-0.25, -0.2) is 4.79 Å². The number of anilines is 1. The fourth-order valence-corrected chi connectivity index (χ4v) is 2.27. The summed E-state index contributed by atoms with van der Waals surface area (Å²) in [6, 6.07) is 11.4. The van der Waals surface area contributed by atoms with Crippen molar-refractivity contribution in [3.05, 3.63) is 52.5 Å². The molecule has 0 unspecified atom stereocenters. The standard InChI is InChI=1S/C18H17Cl2NO5/c1-2-24-18(23)11-25-14-5-3-4-13(9-14)21-17(22)10-26-16-8-12(19)6-7-15(16)20/h3-9H,2,10-11H2,1H3,(H,21,22). The van der Waals surface area contributed by atoms with Crippen LogP contribution in [-0.2, 0) is 14.3 Å². The Bertz CT molecular complexity index is 782. The second-order valence-electron chi connectivity index (χ2n) is 5.03. The molecule has 2 rings (SSSR count). The van der Waals surface area contributed by atoms with Crippen molar-refractivity contribution in [1.29, 1.82) is 0 Å². The quantitative estimate of drug-likeness (QED) is 0.682. The van der Waals surface area contributed by atoms with Crippen LogP contribution in [0.4, 0.5) is 5.69 Å². The summed E-state index contributed by atoms with van der Waals surface area (Å²) in [7, 11) is 0. The largest absolute Gasteiger partial charge is 0.482 e. The number of halogens is 2. The Kier molecular flexibility index (Phi) is 7.56. The second-order valence-corrected chi connectivity index (χ2v) is 5.88. The summed E-state index contributed by atoms with van der Waals surface area (Å²) in [5.74, 6) is -0.104. The van der Waals surface area contributed by atoms with E-state index in [1.54, 1.807) is 43.3 Å². The molecule has 0 spiro atoms. The van der Waals surface area contributed by atoms with Crippen LogP contribution in [-0.4, -0.2) is 31.7 Å². The minimum Gasteiger partial charge on any atom is -0.482 e. The molecule has 0 atom stereocenters. The number of benzene rings is 2. The molecule has 6 nitrogen and oxygen atoms in total. The molecular weight excluding hydrogens is 381 g/mol. The first-order chi connectivity index (χ1) is 12.5. The number of ether oxygens (including phenoxy) is 3. The van der Waals surface area contributed by atoms with Gasteiger partial charge in [-0.05, 0) is 31.2 Å². The van der Waals surface area contributed by atoms with Gasteiger partial charge in [0.1, 0.15) is 11.5 Å². The van der Waals surface area contributed by atoms with Crippen LogP contribution in [0.25, 0.3) is 0 Å². The van der Waals surface area contributed by atoms with E-state index >= 15 is 0 Å². The predicted octanol–water partition coefficient (Wildman–Crippen LogP) is 3.95. The van der Waals surface area contributed by atoms with Crippen LogP contribution in [0.5, 0.6) is 11.5 Å². The van der Waals surface area contributed by atoms with Crippen molar-refractivity contribution in [2.45, 2.75) is 6.92 Å². The summed E-state index contributed by atoms with van der Waals surface area (Å²) < 4.78 is 15.5. The molecule has 0 saturated heterocycles. The number of amides is 1. The molecule has 0 radical (unpaired) electrons. The van der Waals surface area contributed by atoms with Crippen LogP contribution in [0, 0.1) is 0 Å². The smallest absolute Gasteiger partial charge is 0.344 e. The number of hydrogen-bond acceptors (Lipinski definition) is 5. The van der Waals surface area contributed by atoms with Gasteiger partial charge in [-0.1, -0.05) is 29.3 Å². The highest BCUT2D eigenvalue weighted by Crippen LogP contribution is 2.27. The Balaban J connectivity index is 1.87. The van der Waals surface area contributed by atoms with Gasteiger partial charge in [-0.2, -0.15) is 0 Å². The van der Waals surface area contributed by atoms with Gasteiger partial charge in [-0.3, -0.25) is 4.79 Å². The van der Waals surface area contributed by atoms with Crippen molar-refractivity contribution in [2.75, 3.05) is 25.1 Å². The van der Waals surface area contributed by atoms with E-state index in [0.29, 0.717) is 27.2 Å². The molecule has 26 heavy (non-hydrogen) atoms. The molecule has 138 valence electrons. The molecule has 0 fully saturated rings. The molecule has 2 aromatic carbocycles. The van der Waals surface area contributed by atoms with Gasteiger partial charge in [0, 0.05) is 22.8 Å². The highest BCUT2D eigenvalue weighted by atomic mass is 35.5. The number of nitrogens with one attached hydrogen (secondary N) is 1. The number of carbonyl (C=O) groups is 2. The fraction of sp³-hybridized carbons (Fsp3) is 0.222. The lowest BCUT2D eigenvalue weighted by molar-refractivity contribution is -0.145. The van der Waals surface area contributed by atoms with Gasteiger partial charge in [0.2, 0.25) is 0 Å². The van der Waals surface area contributed by atoms with Gasteiger partial charge in [0.15, 0.2) is 13.2 Å². The fourth-order valence-electron chi connectivity index (χ4n) is 1.94. The van der Waals surface area contributed by atoms with Gasteiger partial charge in [-0.15, -0.1) is 0 Å². The van der Waals surface area contributed by atoms with E-state index in [-0.39, 0.29) is 25.7 Å². The average Bonchev–Trinajstić information content (AvgIpc) is 2.61. The molecule has 0 aliphatic rings. The molecular formula is C18H17Cl2NO5. The summed E-state index contributed by atoms with van der Waals surface area (Å²) in [5.41, 5.74) is 0.497. The molecule has 0 aliphatic heterocycles. The Labute approximate surface area is 160 Å². The zero-order valence-corrected chi connectivity index (χ0v) is 15.5. The van der Waals surface area contributed by atoms with Crippen molar-refractivity contribution < 1.29 is 23.8 Å². The predicted molar refractivity (Wildman–Crippen MR) is 99.2 cm³/mol. The van der Waals surface area contributed by atoms with Crippen LogP contribution in [0.2, 0.25) is 10.0 Å². The zero-order chi connectivity index (χ0) is 18.9. The SMILES string of the molecule is CCOC(=O)COc1cccc(NC(=O)COc2cc(Cl)ccc2Cl)c1. The lowest BCUT2D eigenvalue weighted by Crippen LogP contribution is -2.20. The lowest BCUT2D eigenvalue weighted by atomic mass is 10.3. The minimum absolute atomic E-state index is 0.207. The Morgan fingerprint density at radius 3 is 2.62 bits per heavy atom. The van der Waals surface area contributed by atoms with Crippen LogP contribution in [0.1, 0.15) is 6.92 Å². The molecule has 2 aromatic rings. The van der Waals surface area contributed by atoms with Crippen molar-refractivity contribution in [3.8, 4) is 11.5 Å². The molecule has 1 N–H and O–H groups in total. The third-order valence-electron chi connectivity index (χ3n) is 3.03. The summed E-state index contributed by atoms with van der Waals surface area (Å²) in [6.07, 6.45) is 0. The Morgan fingerprint density at radius 2 is 1.85 bits per heavy atom. The van der Waals surface area contributed by atoms with E-state index < -0.39 is 5.97 Å². The summed E-state index contributed by atoms with van der Waals surface area (Å²) >= 11 is 11.8. The molecule has 0 bridgehead atoms. The third-order valence-corrected chi connectivity index (χ3v) is 3.58. The van der Waals surface area contributed by atoms with E-state index in [9.17, 15) is 9.59 Å². The molecule has 0 heterocycles. The van der Waals surface area contributed by atoms with Crippen LogP contribution >= 0.6 is 23.2 Å². The highest BCUT2D eigenvalue weighted by molar-refractivity contribution is 6.34. The maximum absolute atomic E-state index is 12.0. The van der Waals surface area contributed by atoms with Gasteiger partial charge >= 0.3 is 5.97 Å². The summed E-state index contributed by atoms with van der Waals surface area (Å²) in [6.45, 7) is 1.55. The van der Waals surface area contributed by atoms with E-state index in [1.807, 2.05) is 0 Å². The van der Waals surface area contributed by atoms with E-state index in [4.69, 9.17) is 37.4 Å². The average molecular weight is 398 g/mol. The van der Waals surface area contributed by atoms with Crippen LogP contribution in [0.3, 0.4) is 0 Å². The minimum atomic E-state index is -0.464. The van der Waals surface area contributed by atoms with Crippen LogP contribution in [0.15, 0.2) is 42.5 Å². The molecule has 0 aromatic heterocycles. The second kappa shape index (κ2) is 9.89. The van der Waals surface area contributed by atoms with E-state index in [0.717, 1.165) is 0 Å². The first-order valence-corrected chi connectivity index (χ1v) is 8.49. The summed E-state index contributed by atoms with van der Waals surface area (Å²) in [4.78, 5) is 23.3. The summed E-state index contributed by atoms with van der Waals surface area (Å²) in [5, 5.41) is 3.48. The molecule has 1 amide bonds. The van der Waals surface area contributed by atoms with Crippen molar-refractivity contribution in [1.82, 2.24) is 0 Å². The number of esters is 1. The van der Waals surface area contributed by atoms with Crippen molar-refractivity contribution in [3.63, 3.8) is 0 Å². The first kappa shape index (κ1) is 19.9. The highest BCUT2D eigenvalue weighted by Gasteiger charge is 2.08. The molecule has 0 saturated carbocycles. The van der Waals surface area contributed by atoms with Crippen molar-refractivity contribution >= 4 is 40.8 Å². The van der Waals surface area contributed by atoms with Gasteiger partial charge in [0.05, 0.1) is 11.6 Å². The topological polar surface area (TPSA) is 73.9 Å². The normalized spacial score (nSPS) is 10.1. The van der Waals surface area contributed by atoms with Crippen LogP contribution < -0.4 is 14.8 Å². The van der Waals surface area contributed by atoms with Crippen molar-refractivity contribution in [2.24, 2.45) is 0 Å². The Morgan fingerprint density at radius 1 is 1.04 bits per heavy atom. The van der Waals surface area contributed by atoms with Gasteiger partial charge < -0.3 is 19.5 Å². The van der Waals surface area contributed by atoms with Gasteiger partial charge in [0.25, 0.3) is 5.91 Å². The molecule has 8 heteroatoms. The maximum atomic E-state index is 12.0.